The van der Waals surface area contributed by atoms with Gasteiger partial charge in [-0.3, -0.25) is 19.2 Å². The lowest BCUT2D eigenvalue weighted by Crippen LogP contribution is -2.29. The third-order valence-corrected chi connectivity index (χ3v) is 4.53. The van der Waals surface area contributed by atoms with Gasteiger partial charge in [0.1, 0.15) is 11.6 Å². The third-order valence-electron chi connectivity index (χ3n) is 4.53. The van der Waals surface area contributed by atoms with Crippen LogP contribution in [-0.2, 0) is 19.2 Å². The van der Waals surface area contributed by atoms with Crippen LogP contribution in [0.15, 0.2) is 0 Å². The molecule has 136 valence electrons. The van der Waals surface area contributed by atoms with Gasteiger partial charge in [0.15, 0.2) is 0 Å². The summed E-state index contributed by atoms with van der Waals surface area (Å²) in [6.45, 7) is 4.12. The highest BCUT2D eigenvalue weighted by Crippen LogP contribution is 2.32. The molecule has 1 rings (SSSR count). The number of rotatable bonds is 10. The number of nitrogens with one attached hydrogen (secondary N) is 2. The van der Waals surface area contributed by atoms with Crippen molar-refractivity contribution in [3.8, 4) is 0 Å². The minimum Gasteiger partial charge on any atom is -0.356 e. The van der Waals surface area contributed by atoms with Crippen molar-refractivity contribution in [2.45, 2.75) is 65.2 Å². The van der Waals surface area contributed by atoms with Crippen LogP contribution in [0.3, 0.4) is 0 Å². The second kappa shape index (κ2) is 10.9. The van der Waals surface area contributed by atoms with Gasteiger partial charge < -0.3 is 10.6 Å². The zero-order valence-corrected chi connectivity index (χ0v) is 14.9. The maximum Gasteiger partial charge on any atom is 0.227 e. The Bertz CT molecular complexity index is 412. The van der Waals surface area contributed by atoms with Gasteiger partial charge in [-0.15, -0.1) is 0 Å². The molecule has 1 aliphatic carbocycles. The summed E-state index contributed by atoms with van der Waals surface area (Å²) in [4.78, 5) is 44.5. The Balaban J connectivity index is 2.07. The van der Waals surface area contributed by atoms with E-state index in [0.29, 0.717) is 24.9 Å². The van der Waals surface area contributed by atoms with Gasteiger partial charge in [-0.25, -0.2) is 0 Å². The van der Waals surface area contributed by atoms with Crippen molar-refractivity contribution in [2.24, 2.45) is 11.8 Å². The maximum atomic E-state index is 11.4. The van der Waals surface area contributed by atoms with E-state index >= 15 is 0 Å². The molecule has 0 radical (unpaired) electrons. The van der Waals surface area contributed by atoms with Crippen molar-refractivity contribution in [2.75, 3.05) is 13.1 Å². The Kier molecular flexibility index (Phi) is 9.27. The molecular weight excluding hydrogens is 308 g/mol. The largest absolute Gasteiger partial charge is 0.356 e. The smallest absolute Gasteiger partial charge is 0.227 e. The van der Waals surface area contributed by atoms with Crippen LogP contribution in [0.4, 0.5) is 0 Å². The molecule has 0 saturated heterocycles. The average molecular weight is 338 g/mol. The molecular formula is C18H30N2O4. The summed E-state index contributed by atoms with van der Waals surface area (Å²) in [6.07, 6.45) is 6.47. The minimum absolute atomic E-state index is 0.0257. The third kappa shape index (κ3) is 9.43. The molecule has 2 N–H and O–H groups in total. The monoisotopic (exact) mass is 338 g/mol. The first kappa shape index (κ1) is 20.3. The lowest BCUT2D eigenvalue weighted by Gasteiger charge is -2.28. The number of carbonyl (C=O) groups excluding carboxylic acids is 4. The molecule has 24 heavy (non-hydrogen) atoms. The van der Waals surface area contributed by atoms with E-state index in [1.807, 2.05) is 0 Å². The van der Waals surface area contributed by atoms with E-state index in [4.69, 9.17) is 0 Å². The van der Waals surface area contributed by atoms with Crippen LogP contribution in [0.2, 0.25) is 0 Å². The Morgan fingerprint density at radius 1 is 0.708 bits per heavy atom. The molecule has 0 aromatic heterocycles. The SMILES string of the molecule is CC(=O)CC(=O)NCCC1CCC(CCNC(=O)CC(C)=O)CC1. The Morgan fingerprint density at radius 2 is 1.04 bits per heavy atom. The second-order valence-corrected chi connectivity index (χ2v) is 6.92. The first-order valence-electron chi connectivity index (χ1n) is 8.89. The minimum atomic E-state index is -0.183. The predicted octanol–water partition coefficient (Wildman–Crippen LogP) is 1.76. The molecule has 1 fully saturated rings. The zero-order chi connectivity index (χ0) is 17.9. The molecule has 0 aromatic rings. The van der Waals surface area contributed by atoms with Crippen LogP contribution in [0, 0.1) is 11.8 Å². The van der Waals surface area contributed by atoms with Crippen molar-refractivity contribution in [3.63, 3.8) is 0 Å². The van der Waals surface area contributed by atoms with Gasteiger partial charge >= 0.3 is 0 Å². The number of hydrogen-bond donors (Lipinski definition) is 2. The molecule has 1 saturated carbocycles. The molecule has 0 atom stereocenters. The van der Waals surface area contributed by atoms with Crippen molar-refractivity contribution in [1.82, 2.24) is 10.6 Å². The first-order chi connectivity index (χ1) is 11.4. The fourth-order valence-electron chi connectivity index (χ4n) is 3.22. The summed E-state index contributed by atoms with van der Waals surface area (Å²) in [6, 6.07) is 0. The lowest BCUT2D eigenvalue weighted by atomic mass is 9.79. The number of amides is 2. The standard InChI is InChI=1S/C18H30N2O4/c1-13(21)11-17(23)19-9-7-15-3-5-16(6-4-15)8-10-20-18(24)12-14(2)22/h15-16H,3-12H2,1-2H3,(H,19,23)(H,20,24). The summed E-state index contributed by atoms with van der Waals surface area (Å²) in [5, 5.41) is 5.60. The van der Waals surface area contributed by atoms with E-state index < -0.39 is 0 Å². The topological polar surface area (TPSA) is 92.3 Å². The Labute approximate surface area is 144 Å². The molecule has 0 unspecified atom stereocenters. The van der Waals surface area contributed by atoms with Crippen LogP contribution in [-0.4, -0.2) is 36.5 Å². The molecule has 0 spiro atoms. The van der Waals surface area contributed by atoms with Crippen LogP contribution in [0.25, 0.3) is 0 Å². The Morgan fingerprint density at radius 3 is 1.33 bits per heavy atom. The van der Waals surface area contributed by atoms with Gasteiger partial charge in [0.05, 0.1) is 12.8 Å². The molecule has 2 amide bonds. The van der Waals surface area contributed by atoms with E-state index in [-0.39, 0.29) is 36.2 Å². The van der Waals surface area contributed by atoms with E-state index in [1.54, 1.807) is 0 Å². The summed E-state index contributed by atoms with van der Waals surface area (Å²) >= 11 is 0. The molecule has 0 aliphatic heterocycles. The molecule has 1 aliphatic rings. The van der Waals surface area contributed by atoms with Crippen molar-refractivity contribution in [3.05, 3.63) is 0 Å². The number of carbonyl (C=O) groups is 4. The van der Waals surface area contributed by atoms with Gasteiger partial charge in [-0.2, -0.15) is 0 Å². The summed E-state index contributed by atoms with van der Waals surface area (Å²) in [5.74, 6) is 0.680. The van der Waals surface area contributed by atoms with E-state index in [2.05, 4.69) is 10.6 Å². The van der Waals surface area contributed by atoms with Crippen molar-refractivity contribution < 1.29 is 19.2 Å². The quantitative estimate of drug-likeness (QED) is 0.594. The number of Topliss-reactive ketones (excluding diaryl/α,β-unsaturated/α-hetero) is 2. The fraction of sp³-hybridized carbons (Fsp3) is 0.778. The van der Waals surface area contributed by atoms with Crippen LogP contribution in [0.1, 0.15) is 65.2 Å². The van der Waals surface area contributed by atoms with Crippen LogP contribution >= 0.6 is 0 Å². The highest BCUT2D eigenvalue weighted by atomic mass is 16.2. The lowest BCUT2D eigenvalue weighted by molar-refractivity contribution is -0.128. The van der Waals surface area contributed by atoms with Gasteiger partial charge in [0.2, 0.25) is 11.8 Å². The normalized spacial score (nSPS) is 20.2. The van der Waals surface area contributed by atoms with Gasteiger partial charge in [0.25, 0.3) is 0 Å². The van der Waals surface area contributed by atoms with Gasteiger partial charge in [0, 0.05) is 13.1 Å². The van der Waals surface area contributed by atoms with Crippen molar-refractivity contribution in [1.29, 1.82) is 0 Å². The van der Waals surface area contributed by atoms with Crippen LogP contribution in [0.5, 0.6) is 0 Å². The summed E-state index contributed by atoms with van der Waals surface area (Å²) in [5.41, 5.74) is 0. The van der Waals surface area contributed by atoms with E-state index in [1.165, 1.54) is 13.8 Å². The molecule has 0 heterocycles. The van der Waals surface area contributed by atoms with E-state index in [9.17, 15) is 19.2 Å². The second-order valence-electron chi connectivity index (χ2n) is 6.92. The van der Waals surface area contributed by atoms with Crippen molar-refractivity contribution >= 4 is 23.4 Å². The predicted molar refractivity (Wildman–Crippen MR) is 91.3 cm³/mol. The molecule has 0 aromatic carbocycles. The highest BCUT2D eigenvalue weighted by molar-refractivity contribution is 5.97. The number of hydrogen-bond acceptors (Lipinski definition) is 4. The molecule has 6 nitrogen and oxygen atoms in total. The Hall–Kier alpha value is -1.72. The number of ketones is 2. The molecule has 6 heteroatoms. The molecule has 0 bridgehead atoms. The zero-order valence-electron chi connectivity index (χ0n) is 14.9. The van der Waals surface area contributed by atoms with Gasteiger partial charge in [-0.1, -0.05) is 25.7 Å². The highest BCUT2D eigenvalue weighted by Gasteiger charge is 2.21. The van der Waals surface area contributed by atoms with Crippen LogP contribution < -0.4 is 10.6 Å². The average Bonchev–Trinajstić information content (AvgIpc) is 2.47. The summed E-state index contributed by atoms with van der Waals surface area (Å²) < 4.78 is 0. The fourth-order valence-corrected chi connectivity index (χ4v) is 3.22. The first-order valence-corrected chi connectivity index (χ1v) is 8.89. The van der Waals surface area contributed by atoms with E-state index in [0.717, 1.165) is 38.5 Å². The maximum absolute atomic E-state index is 11.4. The summed E-state index contributed by atoms with van der Waals surface area (Å²) in [7, 11) is 0. The van der Waals surface area contributed by atoms with Gasteiger partial charge in [-0.05, 0) is 38.5 Å².